The first-order valence-electron chi connectivity index (χ1n) is 13.9. The van der Waals surface area contributed by atoms with Crippen LogP contribution in [0, 0.1) is 0 Å². The number of aromatic nitrogens is 1. The summed E-state index contributed by atoms with van der Waals surface area (Å²) < 4.78 is 16.7. The maximum atomic E-state index is 12.5. The number of fused-ring (bicyclic) bond motifs is 1. The van der Waals surface area contributed by atoms with Gasteiger partial charge in [-0.05, 0) is 72.8 Å². The summed E-state index contributed by atoms with van der Waals surface area (Å²) in [6.45, 7) is 2.55. The molecule has 4 N–H and O–H groups in total. The average molecular weight is 576 g/mol. The second-order valence-corrected chi connectivity index (χ2v) is 9.95. The van der Waals surface area contributed by atoms with E-state index in [4.69, 9.17) is 19.3 Å². The molecule has 3 heterocycles. The zero-order valence-corrected chi connectivity index (χ0v) is 23.0. The minimum atomic E-state index is -1.01. The predicted octanol–water partition coefficient (Wildman–Crippen LogP) is 4.01. The summed E-state index contributed by atoms with van der Waals surface area (Å²) in [4.78, 5) is 40.4. The maximum absolute atomic E-state index is 12.5. The molecular formula is C30H33N5O7. The molecular weight excluding hydrogens is 542 g/mol. The van der Waals surface area contributed by atoms with Crippen molar-refractivity contribution in [3.8, 4) is 22.6 Å². The Morgan fingerprint density at radius 1 is 1.07 bits per heavy atom. The number of carbonyl (C=O) groups is 3. The second kappa shape index (κ2) is 13.7. The topological polar surface area (TPSA) is 151 Å². The number of anilines is 2. The SMILES string of the molecule is O=C(O)NCCCCOc1cccc(-c2cccc(CNCC[C@H]3CN(c4ccc5c(n4)NC(=O)CO5)C(=O)O3)c2)c1. The third kappa shape index (κ3) is 7.67. The highest BCUT2D eigenvalue weighted by atomic mass is 16.6. The van der Waals surface area contributed by atoms with Crippen LogP contribution in [0.1, 0.15) is 24.8 Å². The fraction of sp³-hybridized carbons (Fsp3) is 0.333. The number of hydrogen-bond donors (Lipinski definition) is 4. The van der Waals surface area contributed by atoms with E-state index in [1.54, 1.807) is 12.1 Å². The fourth-order valence-corrected chi connectivity index (χ4v) is 4.70. The van der Waals surface area contributed by atoms with Gasteiger partial charge in [0.25, 0.3) is 5.91 Å². The monoisotopic (exact) mass is 575 g/mol. The highest BCUT2D eigenvalue weighted by Crippen LogP contribution is 2.30. The number of hydrogen-bond acceptors (Lipinski definition) is 8. The third-order valence-corrected chi connectivity index (χ3v) is 6.79. The van der Waals surface area contributed by atoms with Crippen LogP contribution in [-0.2, 0) is 16.1 Å². The van der Waals surface area contributed by atoms with E-state index in [1.807, 2.05) is 30.3 Å². The minimum absolute atomic E-state index is 0.0559. The Morgan fingerprint density at radius 2 is 1.90 bits per heavy atom. The van der Waals surface area contributed by atoms with Crippen molar-refractivity contribution in [2.75, 3.05) is 43.1 Å². The second-order valence-electron chi connectivity index (χ2n) is 9.95. The Labute approximate surface area is 243 Å². The average Bonchev–Trinajstić information content (AvgIpc) is 3.37. The van der Waals surface area contributed by atoms with E-state index in [0.29, 0.717) is 63.0 Å². The van der Waals surface area contributed by atoms with Gasteiger partial charge in [-0.25, -0.2) is 14.6 Å². The Bertz CT molecular complexity index is 1430. The van der Waals surface area contributed by atoms with E-state index in [0.717, 1.165) is 28.9 Å². The van der Waals surface area contributed by atoms with Crippen LogP contribution in [-0.4, -0.2) is 67.1 Å². The smallest absolute Gasteiger partial charge is 0.415 e. The Hall–Kier alpha value is -4.84. The van der Waals surface area contributed by atoms with Gasteiger partial charge in [0.1, 0.15) is 17.7 Å². The van der Waals surface area contributed by atoms with Crippen molar-refractivity contribution >= 4 is 29.7 Å². The van der Waals surface area contributed by atoms with E-state index in [-0.39, 0.29) is 18.6 Å². The number of carboxylic acid groups (broad SMARTS) is 1. The summed E-state index contributed by atoms with van der Waals surface area (Å²) in [5, 5.41) is 17.1. The van der Waals surface area contributed by atoms with Crippen molar-refractivity contribution in [2.45, 2.75) is 31.9 Å². The lowest BCUT2D eigenvalue weighted by atomic mass is 10.0. The molecule has 2 aliphatic rings. The van der Waals surface area contributed by atoms with Gasteiger partial charge in [0, 0.05) is 13.1 Å². The van der Waals surface area contributed by atoms with Gasteiger partial charge in [-0.1, -0.05) is 30.3 Å². The number of pyridine rings is 1. The first kappa shape index (κ1) is 28.7. The third-order valence-electron chi connectivity index (χ3n) is 6.79. The molecule has 220 valence electrons. The van der Waals surface area contributed by atoms with Crippen molar-refractivity contribution in [1.29, 1.82) is 0 Å². The summed E-state index contributed by atoms with van der Waals surface area (Å²) in [6, 6.07) is 19.5. The molecule has 1 fully saturated rings. The molecule has 0 aliphatic carbocycles. The quantitative estimate of drug-likeness (QED) is 0.222. The van der Waals surface area contributed by atoms with Crippen molar-refractivity contribution < 1.29 is 33.7 Å². The molecule has 0 spiro atoms. The molecule has 0 unspecified atom stereocenters. The molecule has 12 nitrogen and oxygen atoms in total. The van der Waals surface area contributed by atoms with Crippen molar-refractivity contribution in [1.82, 2.24) is 15.6 Å². The van der Waals surface area contributed by atoms with Gasteiger partial charge in [0.05, 0.1) is 13.2 Å². The molecule has 5 rings (SSSR count). The van der Waals surface area contributed by atoms with Crippen LogP contribution >= 0.6 is 0 Å². The number of nitrogens with one attached hydrogen (secondary N) is 3. The Kier molecular flexibility index (Phi) is 9.34. The van der Waals surface area contributed by atoms with E-state index in [1.165, 1.54) is 4.90 Å². The highest BCUT2D eigenvalue weighted by Gasteiger charge is 2.33. The van der Waals surface area contributed by atoms with E-state index < -0.39 is 12.2 Å². The number of rotatable bonds is 13. The van der Waals surface area contributed by atoms with Gasteiger partial charge in [0.15, 0.2) is 18.2 Å². The summed E-state index contributed by atoms with van der Waals surface area (Å²) in [5.74, 6) is 1.65. The summed E-state index contributed by atoms with van der Waals surface area (Å²) >= 11 is 0. The molecule has 3 amide bonds. The maximum Gasteiger partial charge on any atom is 0.415 e. The van der Waals surface area contributed by atoms with Crippen LogP contribution in [0.4, 0.5) is 21.2 Å². The van der Waals surface area contributed by atoms with Crippen molar-refractivity contribution in [2.24, 2.45) is 0 Å². The normalized spacial score (nSPS) is 15.8. The molecule has 12 heteroatoms. The number of carbonyl (C=O) groups excluding carboxylic acids is 2. The summed E-state index contributed by atoms with van der Waals surface area (Å²) in [7, 11) is 0. The van der Waals surface area contributed by atoms with Crippen molar-refractivity contribution in [3.05, 3.63) is 66.2 Å². The van der Waals surface area contributed by atoms with Gasteiger partial charge in [-0.15, -0.1) is 0 Å². The van der Waals surface area contributed by atoms with Crippen LogP contribution in [0.15, 0.2) is 60.7 Å². The van der Waals surface area contributed by atoms with Gasteiger partial charge < -0.3 is 35.3 Å². The molecule has 1 saturated heterocycles. The molecule has 0 radical (unpaired) electrons. The lowest BCUT2D eigenvalue weighted by molar-refractivity contribution is -0.118. The number of benzene rings is 2. The standard InChI is InChI=1S/C30H33N5O7/c36-27-19-41-25-9-10-26(33-28(25)34-27)35-18-24(42-30(35)39)11-13-31-17-20-5-3-6-21(15-20)22-7-4-8-23(16-22)40-14-2-1-12-32-29(37)38/h3-10,15-16,24,31-32H,1-2,11-14,17-19H2,(H,37,38)(H,33,34,36)/t24-/m0/s1. The number of cyclic esters (lactones) is 1. The zero-order chi connectivity index (χ0) is 29.3. The molecule has 42 heavy (non-hydrogen) atoms. The first-order valence-corrected chi connectivity index (χ1v) is 13.9. The van der Waals surface area contributed by atoms with Crippen LogP contribution in [0.3, 0.4) is 0 Å². The molecule has 1 atom stereocenters. The van der Waals surface area contributed by atoms with Crippen LogP contribution < -0.4 is 30.3 Å². The Morgan fingerprint density at radius 3 is 2.76 bits per heavy atom. The zero-order valence-electron chi connectivity index (χ0n) is 23.0. The number of nitrogens with zero attached hydrogens (tertiary/aromatic N) is 2. The van der Waals surface area contributed by atoms with Gasteiger partial charge >= 0.3 is 12.2 Å². The first-order chi connectivity index (χ1) is 20.4. The van der Waals surface area contributed by atoms with Gasteiger partial charge in [-0.3, -0.25) is 9.69 Å². The number of unbranched alkanes of at least 4 members (excludes halogenated alkanes) is 1. The lowest BCUT2D eigenvalue weighted by Crippen LogP contribution is -2.29. The molecule has 2 aliphatic heterocycles. The summed E-state index contributed by atoms with van der Waals surface area (Å²) in [5.41, 5.74) is 3.24. The molecule has 2 aromatic carbocycles. The minimum Gasteiger partial charge on any atom is -0.494 e. The fourth-order valence-electron chi connectivity index (χ4n) is 4.70. The molecule has 3 aromatic rings. The van der Waals surface area contributed by atoms with E-state index in [9.17, 15) is 14.4 Å². The lowest BCUT2D eigenvalue weighted by Gasteiger charge is -2.19. The highest BCUT2D eigenvalue weighted by molar-refractivity contribution is 5.95. The molecule has 0 bridgehead atoms. The molecule has 0 saturated carbocycles. The largest absolute Gasteiger partial charge is 0.494 e. The van der Waals surface area contributed by atoms with Gasteiger partial charge in [-0.2, -0.15) is 0 Å². The van der Waals surface area contributed by atoms with Crippen LogP contribution in [0.25, 0.3) is 11.1 Å². The number of ether oxygens (including phenoxy) is 3. The summed E-state index contributed by atoms with van der Waals surface area (Å²) in [6.07, 6.45) is 0.343. The predicted molar refractivity (Wildman–Crippen MR) is 155 cm³/mol. The van der Waals surface area contributed by atoms with Crippen molar-refractivity contribution in [3.63, 3.8) is 0 Å². The Balaban J connectivity index is 1.07. The number of amides is 3. The van der Waals surface area contributed by atoms with Gasteiger partial charge in [0.2, 0.25) is 0 Å². The van der Waals surface area contributed by atoms with Crippen LogP contribution in [0.2, 0.25) is 0 Å². The molecule has 1 aromatic heterocycles. The van der Waals surface area contributed by atoms with Crippen LogP contribution in [0.5, 0.6) is 11.5 Å². The van der Waals surface area contributed by atoms with E-state index >= 15 is 0 Å². The van der Waals surface area contributed by atoms with E-state index in [2.05, 4.69) is 39.1 Å².